The lowest BCUT2D eigenvalue weighted by Crippen LogP contribution is -2.29. The van der Waals surface area contributed by atoms with E-state index in [9.17, 15) is 4.79 Å². The zero-order valence-electron chi connectivity index (χ0n) is 11.6. The average molecular weight is 301 g/mol. The van der Waals surface area contributed by atoms with Gasteiger partial charge in [0.2, 0.25) is 5.91 Å². The number of hydrogen-bond acceptors (Lipinski definition) is 5. The highest BCUT2D eigenvalue weighted by Crippen LogP contribution is 2.22. The molecule has 0 saturated heterocycles. The van der Waals surface area contributed by atoms with E-state index in [4.69, 9.17) is 5.73 Å². The van der Waals surface area contributed by atoms with Crippen LogP contribution >= 0.6 is 11.3 Å². The Morgan fingerprint density at radius 3 is 2.95 bits per heavy atom. The van der Waals surface area contributed by atoms with E-state index in [1.807, 2.05) is 24.3 Å². The van der Waals surface area contributed by atoms with Crippen molar-refractivity contribution in [2.45, 2.75) is 13.1 Å². The molecule has 0 aliphatic heterocycles. The quantitative estimate of drug-likeness (QED) is 0.796. The Balaban J connectivity index is 1.67. The van der Waals surface area contributed by atoms with E-state index in [0.29, 0.717) is 12.2 Å². The maximum absolute atomic E-state index is 12.1. The van der Waals surface area contributed by atoms with Gasteiger partial charge in [0.25, 0.3) is 0 Å². The second-order valence-corrected chi connectivity index (χ2v) is 5.91. The molecular weight excluding hydrogens is 286 g/mol. The lowest BCUT2D eigenvalue weighted by Gasteiger charge is -2.15. The first-order valence-corrected chi connectivity index (χ1v) is 7.30. The summed E-state index contributed by atoms with van der Waals surface area (Å²) in [7, 11) is 1.77. The van der Waals surface area contributed by atoms with Crippen molar-refractivity contribution in [2.75, 3.05) is 12.8 Å². The van der Waals surface area contributed by atoms with E-state index in [0.717, 1.165) is 15.2 Å². The highest BCUT2D eigenvalue weighted by atomic mass is 32.1. The van der Waals surface area contributed by atoms with Crippen molar-refractivity contribution in [3.05, 3.63) is 41.7 Å². The van der Waals surface area contributed by atoms with Gasteiger partial charge in [-0.25, -0.2) is 4.98 Å². The SMILES string of the molecule is CN(Cc1nc2ccccc2s1)C(=O)Cn1cc(N)cn1. The smallest absolute Gasteiger partial charge is 0.244 e. The van der Waals surface area contributed by atoms with Gasteiger partial charge in [-0.3, -0.25) is 9.48 Å². The first kappa shape index (κ1) is 13.6. The minimum Gasteiger partial charge on any atom is -0.396 e. The van der Waals surface area contributed by atoms with Crippen LogP contribution in [0, 0.1) is 0 Å². The number of carbonyl (C=O) groups excluding carboxylic acids is 1. The molecule has 6 nitrogen and oxygen atoms in total. The first-order valence-electron chi connectivity index (χ1n) is 6.48. The Labute approximate surface area is 125 Å². The number of thiazole rings is 1. The maximum atomic E-state index is 12.1. The molecule has 1 amide bonds. The number of amides is 1. The highest BCUT2D eigenvalue weighted by Gasteiger charge is 2.13. The summed E-state index contributed by atoms with van der Waals surface area (Å²) >= 11 is 1.61. The minimum absolute atomic E-state index is 0.0302. The molecule has 3 aromatic rings. The number of anilines is 1. The van der Waals surface area contributed by atoms with Crippen LogP contribution in [0.2, 0.25) is 0 Å². The summed E-state index contributed by atoms with van der Waals surface area (Å²) in [6, 6.07) is 7.96. The van der Waals surface area contributed by atoms with Crippen LogP contribution in [-0.4, -0.2) is 32.6 Å². The summed E-state index contributed by atoms with van der Waals surface area (Å²) in [5.74, 6) is -0.0302. The van der Waals surface area contributed by atoms with Crippen molar-refractivity contribution in [1.82, 2.24) is 19.7 Å². The molecular formula is C14H15N5OS. The normalized spacial score (nSPS) is 10.9. The third-order valence-electron chi connectivity index (χ3n) is 3.09. The third-order valence-corrected chi connectivity index (χ3v) is 4.11. The van der Waals surface area contributed by atoms with Crippen molar-refractivity contribution in [2.24, 2.45) is 0 Å². The van der Waals surface area contributed by atoms with Crippen LogP contribution in [0.1, 0.15) is 5.01 Å². The van der Waals surface area contributed by atoms with Gasteiger partial charge in [0.05, 0.1) is 28.6 Å². The number of para-hydroxylation sites is 1. The van der Waals surface area contributed by atoms with Gasteiger partial charge in [-0.2, -0.15) is 5.10 Å². The predicted octanol–water partition coefficient (Wildman–Crippen LogP) is 1.73. The van der Waals surface area contributed by atoms with Crippen LogP contribution in [0.15, 0.2) is 36.7 Å². The molecule has 0 atom stereocenters. The molecule has 7 heteroatoms. The third kappa shape index (κ3) is 3.03. The van der Waals surface area contributed by atoms with E-state index in [2.05, 4.69) is 10.1 Å². The lowest BCUT2D eigenvalue weighted by molar-refractivity contribution is -0.131. The number of benzene rings is 1. The number of likely N-dealkylation sites (N-methyl/N-ethyl adjacent to an activating group) is 1. The van der Waals surface area contributed by atoms with Gasteiger partial charge in [0.1, 0.15) is 11.6 Å². The maximum Gasteiger partial charge on any atom is 0.244 e. The second-order valence-electron chi connectivity index (χ2n) is 4.80. The zero-order chi connectivity index (χ0) is 14.8. The van der Waals surface area contributed by atoms with Gasteiger partial charge in [-0.15, -0.1) is 11.3 Å². The van der Waals surface area contributed by atoms with E-state index in [1.165, 1.54) is 10.9 Å². The number of nitrogen functional groups attached to an aromatic ring is 1. The summed E-state index contributed by atoms with van der Waals surface area (Å²) < 4.78 is 2.67. The van der Waals surface area contributed by atoms with Gasteiger partial charge in [0.15, 0.2) is 0 Å². The highest BCUT2D eigenvalue weighted by molar-refractivity contribution is 7.18. The molecule has 0 aliphatic rings. The van der Waals surface area contributed by atoms with E-state index in [1.54, 1.807) is 29.5 Å². The Hall–Kier alpha value is -2.41. The summed E-state index contributed by atoms with van der Waals surface area (Å²) in [5, 5.41) is 4.93. The Morgan fingerprint density at radius 1 is 1.43 bits per heavy atom. The molecule has 2 heterocycles. The fraction of sp³-hybridized carbons (Fsp3) is 0.214. The van der Waals surface area contributed by atoms with E-state index in [-0.39, 0.29) is 12.5 Å². The van der Waals surface area contributed by atoms with Crippen LogP contribution in [0.25, 0.3) is 10.2 Å². The van der Waals surface area contributed by atoms with Crippen LogP contribution in [0.5, 0.6) is 0 Å². The number of fused-ring (bicyclic) bond motifs is 1. The standard InChI is InChI=1S/C14H15N5OS/c1-18(14(20)9-19-7-10(15)6-16-19)8-13-17-11-4-2-3-5-12(11)21-13/h2-7H,8-9,15H2,1H3. The molecule has 0 saturated carbocycles. The summed E-state index contributed by atoms with van der Waals surface area (Å²) in [4.78, 5) is 18.3. The van der Waals surface area contributed by atoms with Gasteiger partial charge in [-0.1, -0.05) is 12.1 Å². The first-order chi connectivity index (χ1) is 10.1. The van der Waals surface area contributed by atoms with Gasteiger partial charge in [0, 0.05) is 13.2 Å². The fourth-order valence-electron chi connectivity index (χ4n) is 2.00. The number of hydrogen-bond donors (Lipinski definition) is 1. The molecule has 0 spiro atoms. The van der Waals surface area contributed by atoms with Gasteiger partial charge in [-0.05, 0) is 12.1 Å². The van der Waals surface area contributed by atoms with Crippen molar-refractivity contribution in [3.8, 4) is 0 Å². The average Bonchev–Trinajstić information content (AvgIpc) is 3.04. The second kappa shape index (κ2) is 5.53. The molecule has 0 unspecified atom stereocenters. The summed E-state index contributed by atoms with van der Waals surface area (Å²) in [6.07, 6.45) is 3.17. The topological polar surface area (TPSA) is 77.0 Å². The molecule has 0 aliphatic carbocycles. The van der Waals surface area contributed by atoms with Gasteiger partial charge >= 0.3 is 0 Å². The molecule has 0 bridgehead atoms. The van der Waals surface area contributed by atoms with Crippen LogP contribution in [0.4, 0.5) is 5.69 Å². The molecule has 0 fully saturated rings. The van der Waals surface area contributed by atoms with Crippen LogP contribution in [-0.2, 0) is 17.9 Å². The van der Waals surface area contributed by atoms with Crippen molar-refractivity contribution in [1.29, 1.82) is 0 Å². The number of rotatable bonds is 4. The molecule has 1 aromatic carbocycles. The summed E-state index contributed by atoms with van der Waals surface area (Å²) in [6.45, 7) is 0.674. The molecule has 21 heavy (non-hydrogen) atoms. The van der Waals surface area contributed by atoms with Crippen molar-refractivity contribution in [3.63, 3.8) is 0 Å². The molecule has 2 N–H and O–H groups in total. The Bertz CT molecular complexity index is 745. The Kier molecular flexibility index (Phi) is 3.57. The molecule has 3 rings (SSSR count). The fourth-order valence-corrected chi connectivity index (χ4v) is 3.02. The molecule has 108 valence electrons. The van der Waals surface area contributed by atoms with Gasteiger partial charge < -0.3 is 10.6 Å². The molecule has 2 aromatic heterocycles. The zero-order valence-corrected chi connectivity index (χ0v) is 12.4. The van der Waals surface area contributed by atoms with Crippen molar-refractivity contribution < 1.29 is 4.79 Å². The van der Waals surface area contributed by atoms with Crippen LogP contribution < -0.4 is 5.73 Å². The van der Waals surface area contributed by atoms with E-state index >= 15 is 0 Å². The van der Waals surface area contributed by atoms with Crippen LogP contribution in [0.3, 0.4) is 0 Å². The molecule has 0 radical (unpaired) electrons. The monoisotopic (exact) mass is 301 g/mol. The number of aromatic nitrogens is 3. The predicted molar refractivity (Wildman–Crippen MR) is 82.7 cm³/mol. The lowest BCUT2D eigenvalue weighted by atomic mass is 10.3. The Morgan fingerprint density at radius 2 is 2.24 bits per heavy atom. The number of nitrogens with zero attached hydrogens (tertiary/aromatic N) is 4. The minimum atomic E-state index is -0.0302. The van der Waals surface area contributed by atoms with E-state index < -0.39 is 0 Å². The number of carbonyl (C=O) groups is 1. The number of nitrogens with two attached hydrogens (primary N) is 1. The van der Waals surface area contributed by atoms with Crippen molar-refractivity contribution >= 4 is 33.1 Å². The largest absolute Gasteiger partial charge is 0.396 e. The summed E-state index contributed by atoms with van der Waals surface area (Å²) in [5.41, 5.74) is 7.10.